The van der Waals surface area contributed by atoms with Crippen molar-refractivity contribution in [3.8, 4) is 17.1 Å². The molecule has 0 saturated carbocycles. The number of nitrogens with one attached hydrogen (secondary N) is 1. The van der Waals surface area contributed by atoms with Gasteiger partial charge in [-0.2, -0.15) is 0 Å². The van der Waals surface area contributed by atoms with Gasteiger partial charge in [-0.05, 0) is 31.2 Å². The maximum atomic E-state index is 13.2. The normalized spacial score (nSPS) is 10.4. The van der Waals surface area contributed by atoms with Gasteiger partial charge in [0, 0.05) is 17.0 Å². The average molecular weight is 389 g/mol. The molecular weight excluding hydrogens is 373 g/mol. The first kappa shape index (κ1) is 18.7. The van der Waals surface area contributed by atoms with Crippen molar-refractivity contribution in [2.75, 3.05) is 18.5 Å². The largest absolute Gasteiger partial charge is 0.484 e. The Hall–Kier alpha value is -3.13. The second-order valence-corrected chi connectivity index (χ2v) is 6.23. The molecule has 2 aromatic heterocycles. The van der Waals surface area contributed by atoms with Crippen LogP contribution in [0.15, 0.2) is 52.5 Å². The van der Waals surface area contributed by atoms with E-state index in [4.69, 9.17) is 13.9 Å². The number of benzene rings is 1. The highest BCUT2D eigenvalue weighted by molar-refractivity contribution is 7.15. The minimum Gasteiger partial charge on any atom is -0.484 e. The van der Waals surface area contributed by atoms with Crippen molar-refractivity contribution in [3.63, 3.8) is 0 Å². The molecule has 0 unspecified atom stereocenters. The van der Waals surface area contributed by atoms with Crippen LogP contribution in [0.5, 0.6) is 5.75 Å². The Labute approximate surface area is 158 Å². The van der Waals surface area contributed by atoms with Crippen LogP contribution in [-0.2, 0) is 9.53 Å². The minimum atomic E-state index is -0.563. The summed E-state index contributed by atoms with van der Waals surface area (Å²) in [6.45, 7) is 1.56. The van der Waals surface area contributed by atoms with E-state index in [0.29, 0.717) is 16.3 Å². The number of rotatable bonds is 7. The molecule has 8 heteroatoms. The number of halogens is 1. The van der Waals surface area contributed by atoms with Crippen molar-refractivity contribution >= 4 is 28.2 Å². The van der Waals surface area contributed by atoms with Crippen LogP contribution in [0.2, 0.25) is 0 Å². The van der Waals surface area contributed by atoms with Gasteiger partial charge in [-0.3, -0.25) is 4.79 Å². The number of anilines is 1. The second kappa shape index (κ2) is 8.50. The molecule has 0 aliphatic rings. The van der Waals surface area contributed by atoms with E-state index < -0.39 is 17.7 Å². The summed E-state index contributed by atoms with van der Waals surface area (Å²) in [5.74, 6) is -0.785. The fraction of sp³-hybridized carbons (Fsp3) is 0.158. The van der Waals surface area contributed by atoms with Crippen molar-refractivity contribution in [1.82, 2.24) is 0 Å². The summed E-state index contributed by atoms with van der Waals surface area (Å²) in [6.07, 6.45) is 1.49. The predicted molar refractivity (Wildman–Crippen MR) is 98.5 cm³/mol. The molecule has 2 heterocycles. The highest BCUT2D eigenvalue weighted by Crippen LogP contribution is 2.36. The van der Waals surface area contributed by atoms with Crippen LogP contribution in [0.1, 0.15) is 17.3 Å². The number of carbonyl (C=O) groups is 2. The first-order valence-electron chi connectivity index (χ1n) is 8.09. The number of hydrogen-bond donors (Lipinski definition) is 1. The molecule has 6 nitrogen and oxygen atoms in total. The molecule has 3 rings (SSSR count). The van der Waals surface area contributed by atoms with E-state index in [0.717, 1.165) is 0 Å². The van der Waals surface area contributed by atoms with Gasteiger partial charge in [0.2, 0.25) is 0 Å². The fourth-order valence-corrected chi connectivity index (χ4v) is 3.29. The Morgan fingerprint density at radius 3 is 2.81 bits per heavy atom. The summed E-state index contributed by atoms with van der Waals surface area (Å²) in [5.41, 5.74) is 0.751. The molecule has 0 fully saturated rings. The average Bonchev–Trinajstić information content (AvgIpc) is 3.29. The zero-order chi connectivity index (χ0) is 19.2. The molecule has 1 aromatic carbocycles. The molecule has 0 saturated heterocycles. The van der Waals surface area contributed by atoms with Gasteiger partial charge in [0.15, 0.2) is 6.61 Å². The predicted octanol–water partition coefficient (Wildman–Crippen LogP) is 4.34. The van der Waals surface area contributed by atoms with Crippen LogP contribution < -0.4 is 10.1 Å². The van der Waals surface area contributed by atoms with E-state index in [1.807, 2.05) is 0 Å². The van der Waals surface area contributed by atoms with Gasteiger partial charge in [0.05, 0.1) is 12.9 Å². The van der Waals surface area contributed by atoms with Crippen molar-refractivity contribution in [3.05, 3.63) is 59.4 Å². The van der Waals surface area contributed by atoms with Crippen molar-refractivity contribution in [1.29, 1.82) is 0 Å². The minimum absolute atomic E-state index is 0.197. The molecule has 140 valence electrons. The molecule has 0 aliphatic heterocycles. The van der Waals surface area contributed by atoms with Crippen molar-refractivity contribution in [2.24, 2.45) is 0 Å². The van der Waals surface area contributed by atoms with Crippen molar-refractivity contribution in [2.45, 2.75) is 6.92 Å². The third kappa shape index (κ3) is 4.53. The number of carbonyl (C=O) groups excluding carboxylic acids is 2. The Morgan fingerprint density at radius 1 is 1.26 bits per heavy atom. The third-order valence-corrected chi connectivity index (χ3v) is 4.37. The van der Waals surface area contributed by atoms with Crippen LogP contribution in [0.25, 0.3) is 11.3 Å². The van der Waals surface area contributed by atoms with E-state index in [-0.39, 0.29) is 24.5 Å². The Balaban J connectivity index is 1.75. The highest BCUT2D eigenvalue weighted by Gasteiger charge is 2.24. The molecule has 0 aliphatic carbocycles. The van der Waals surface area contributed by atoms with Gasteiger partial charge in [-0.1, -0.05) is 6.07 Å². The molecule has 1 amide bonds. The molecule has 0 atom stereocenters. The molecule has 0 bridgehead atoms. The van der Waals surface area contributed by atoms with Gasteiger partial charge in [-0.15, -0.1) is 11.3 Å². The van der Waals surface area contributed by atoms with Gasteiger partial charge in [-0.25, -0.2) is 9.18 Å². The lowest BCUT2D eigenvalue weighted by molar-refractivity contribution is -0.118. The van der Waals surface area contributed by atoms with Crippen LogP contribution in [0.4, 0.5) is 9.39 Å². The van der Waals surface area contributed by atoms with E-state index in [1.165, 1.54) is 35.8 Å². The molecule has 0 radical (unpaired) electrons. The topological polar surface area (TPSA) is 77.8 Å². The van der Waals surface area contributed by atoms with E-state index >= 15 is 0 Å². The van der Waals surface area contributed by atoms with E-state index in [9.17, 15) is 14.0 Å². The highest BCUT2D eigenvalue weighted by atomic mass is 32.1. The maximum Gasteiger partial charge on any atom is 0.341 e. The molecule has 1 N–H and O–H groups in total. The van der Waals surface area contributed by atoms with E-state index in [1.54, 1.807) is 30.5 Å². The maximum absolute atomic E-state index is 13.2. The lowest BCUT2D eigenvalue weighted by atomic mass is 10.1. The lowest BCUT2D eigenvalue weighted by Gasteiger charge is -2.09. The third-order valence-electron chi connectivity index (χ3n) is 3.48. The summed E-state index contributed by atoms with van der Waals surface area (Å²) >= 11 is 1.17. The zero-order valence-electron chi connectivity index (χ0n) is 14.4. The number of thiophene rings is 1. The van der Waals surface area contributed by atoms with Gasteiger partial charge in [0.1, 0.15) is 27.9 Å². The summed E-state index contributed by atoms with van der Waals surface area (Å²) < 4.78 is 28.9. The Kier molecular flexibility index (Phi) is 5.87. The number of amides is 1. The van der Waals surface area contributed by atoms with Crippen molar-refractivity contribution < 1.29 is 27.9 Å². The summed E-state index contributed by atoms with van der Waals surface area (Å²) in [4.78, 5) is 24.6. The zero-order valence-corrected chi connectivity index (χ0v) is 15.2. The van der Waals surface area contributed by atoms with Crippen LogP contribution >= 0.6 is 11.3 Å². The summed E-state index contributed by atoms with van der Waals surface area (Å²) in [7, 11) is 0. The lowest BCUT2D eigenvalue weighted by Crippen LogP contribution is -2.21. The summed E-state index contributed by atoms with van der Waals surface area (Å²) in [5, 5.41) is 4.66. The van der Waals surface area contributed by atoms with Crippen LogP contribution in [0.3, 0.4) is 0 Å². The Bertz CT molecular complexity index is 935. The van der Waals surface area contributed by atoms with Crippen LogP contribution in [-0.4, -0.2) is 25.1 Å². The quantitative estimate of drug-likeness (QED) is 0.608. The standard InChI is InChI=1S/C19H16FNO5S/c1-2-24-19(23)17-14(15-7-4-8-25-15)11-27-18(17)21-16(22)10-26-13-6-3-5-12(20)9-13/h3-9,11H,2,10H2,1H3,(H,21,22). The fourth-order valence-electron chi connectivity index (χ4n) is 2.34. The summed E-state index contributed by atoms with van der Waals surface area (Å²) in [6, 6.07) is 8.89. The van der Waals surface area contributed by atoms with Gasteiger partial charge in [0.25, 0.3) is 5.91 Å². The number of furan rings is 1. The molecule has 3 aromatic rings. The monoisotopic (exact) mass is 389 g/mol. The second-order valence-electron chi connectivity index (χ2n) is 5.35. The molecular formula is C19H16FNO5S. The van der Waals surface area contributed by atoms with Gasteiger partial charge < -0.3 is 19.2 Å². The number of ether oxygens (including phenoxy) is 2. The van der Waals surface area contributed by atoms with Crippen LogP contribution in [0, 0.1) is 5.82 Å². The van der Waals surface area contributed by atoms with E-state index in [2.05, 4.69) is 5.32 Å². The SMILES string of the molecule is CCOC(=O)c1c(-c2ccco2)csc1NC(=O)COc1cccc(F)c1. The molecule has 27 heavy (non-hydrogen) atoms. The molecule has 0 spiro atoms. The first-order chi connectivity index (χ1) is 13.1. The number of hydrogen-bond acceptors (Lipinski definition) is 6. The number of esters is 1. The van der Waals surface area contributed by atoms with Gasteiger partial charge >= 0.3 is 5.97 Å². The first-order valence-corrected chi connectivity index (χ1v) is 8.97. The Morgan fingerprint density at radius 2 is 2.11 bits per heavy atom. The smallest absolute Gasteiger partial charge is 0.341 e.